The summed E-state index contributed by atoms with van der Waals surface area (Å²) >= 11 is 3.41. The van der Waals surface area contributed by atoms with Crippen LogP contribution in [0.1, 0.15) is 25.3 Å². The molecule has 2 N–H and O–H groups in total. The number of alkyl halides is 3. The predicted octanol–water partition coefficient (Wildman–Crippen LogP) is 5.14. The summed E-state index contributed by atoms with van der Waals surface area (Å²) in [6.07, 6.45) is -3.31. The topological polar surface area (TPSA) is 78.9 Å². The van der Waals surface area contributed by atoms with Gasteiger partial charge in [-0.3, -0.25) is 0 Å². The smallest absolute Gasteiger partial charge is 0.475 e. The second kappa shape index (κ2) is 7.86. The molecular weight excluding hydrogens is 415 g/mol. The van der Waals surface area contributed by atoms with Crippen LogP contribution < -0.4 is 0 Å². The molecule has 3 aromatic rings. The van der Waals surface area contributed by atoms with Gasteiger partial charge in [0.15, 0.2) is 5.65 Å². The molecule has 0 amide bonds. The third kappa shape index (κ3) is 5.04. The fraction of sp³-hybridized carbons (Fsp3) is 0.235. The van der Waals surface area contributed by atoms with Crippen molar-refractivity contribution in [1.29, 1.82) is 0 Å². The quantitative estimate of drug-likeness (QED) is 0.590. The van der Waals surface area contributed by atoms with E-state index in [0.29, 0.717) is 5.92 Å². The van der Waals surface area contributed by atoms with Gasteiger partial charge in [-0.05, 0) is 33.5 Å². The highest BCUT2D eigenvalue weighted by Gasteiger charge is 2.38. The molecule has 0 bridgehead atoms. The summed E-state index contributed by atoms with van der Waals surface area (Å²) in [5.74, 6) is -1.36. The molecule has 5 nitrogen and oxygen atoms in total. The van der Waals surface area contributed by atoms with E-state index in [4.69, 9.17) is 9.90 Å². The van der Waals surface area contributed by atoms with Crippen molar-refractivity contribution in [1.82, 2.24) is 15.0 Å². The molecule has 3 rings (SSSR count). The molecular formula is C17H15BrF3N3O2. The van der Waals surface area contributed by atoms with Crippen molar-refractivity contribution in [2.24, 2.45) is 0 Å². The van der Waals surface area contributed by atoms with Crippen LogP contribution in [-0.2, 0) is 4.79 Å². The van der Waals surface area contributed by atoms with Crippen molar-refractivity contribution in [2.45, 2.75) is 25.9 Å². The number of nitrogens with one attached hydrogen (secondary N) is 1. The van der Waals surface area contributed by atoms with Crippen LogP contribution in [0.25, 0.3) is 22.6 Å². The molecule has 0 radical (unpaired) electrons. The summed E-state index contributed by atoms with van der Waals surface area (Å²) in [5, 5.41) is 7.12. The van der Waals surface area contributed by atoms with Crippen molar-refractivity contribution in [3.05, 3.63) is 46.6 Å². The maximum atomic E-state index is 10.6. The summed E-state index contributed by atoms with van der Waals surface area (Å²) in [6.45, 7) is 4.38. The first-order valence-electron chi connectivity index (χ1n) is 7.49. The van der Waals surface area contributed by atoms with Crippen LogP contribution in [0.2, 0.25) is 0 Å². The zero-order chi connectivity index (χ0) is 19.5. The lowest BCUT2D eigenvalue weighted by atomic mass is 10.0. The number of imidazole rings is 1. The van der Waals surface area contributed by atoms with Gasteiger partial charge in [0, 0.05) is 16.2 Å². The number of benzene rings is 1. The average Bonchev–Trinajstić information content (AvgIpc) is 2.97. The van der Waals surface area contributed by atoms with Crippen LogP contribution in [0.5, 0.6) is 0 Å². The molecule has 0 aliphatic carbocycles. The second-order valence-electron chi connectivity index (χ2n) is 5.69. The minimum Gasteiger partial charge on any atom is -0.475 e. The Morgan fingerprint density at radius 2 is 1.81 bits per heavy atom. The van der Waals surface area contributed by atoms with Gasteiger partial charge >= 0.3 is 12.1 Å². The Morgan fingerprint density at radius 1 is 1.23 bits per heavy atom. The minimum atomic E-state index is -5.08. The third-order valence-electron chi connectivity index (χ3n) is 3.40. The van der Waals surface area contributed by atoms with Crippen molar-refractivity contribution in [3.8, 4) is 11.4 Å². The molecule has 2 heterocycles. The van der Waals surface area contributed by atoms with E-state index in [0.717, 1.165) is 27.0 Å². The predicted molar refractivity (Wildman–Crippen MR) is 94.8 cm³/mol. The van der Waals surface area contributed by atoms with Crippen LogP contribution in [0, 0.1) is 0 Å². The zero-order valence-electron chi connectivity index (χ0n) is 13.8. The monoisotopic (exact) mass is 429 g/mol. The fourth-order valence-electron chi connectivity index (χ4n) is 2.03. The Hall–Kier alpha value is -2.42. The van der Waals surface area contributed by atoms with Gasteiger partial charge in [-0.15, -0.1) is 0 Å². The van der Waals surface area contributed by atoms with Gasteiger partial charge in [0.2, 0.25) is 0 Å². The summed E-state index contributed by atoms with van der Waals surface area (Å²) in [5.41, 5.74) is 4.10. The second-order valence-corrected chi connectivity index (χ2v) is 6.60. The first-order chi connectivity index (χ1) is 12.1. The number of carboxylic acids is 1. The number of pyridine rings is 1. The SMILES string of the molecule is CC(C)c1ccc(-c2nc3cc(Br)cnc3[nH]2)cc1.O=C(O)C(F)(F)F. The van der Waals surface area contributed by atoms with Crippen molar-refractivity contribution in [2.75, 3.05) is 0 Å². The molecule has 0 saturated heterocycles. The van der Waals surface area contributed by atoms with Gasteiger partial charge in [0.25, 0.3) is 0 Å². The molecule has 138 valence electrons. The number of aliphatic carboxylic acids is 1. The Bertz CT molecular complexity index is 906. The van der Waals surface area contributed by atoms with E-state index < -0.39 is 12.1 Å². The normalized spacial score (nSPS) is 11.3. The van der Waals surface area contributed by atoms with Gasteiger partial charge < -0.3 is 10.1 Å². The number of carbonyl (C=O) groups is 1. The van der Waals surface area contributed by atoms with E-state index in [-0.39, 0.29) is 0 Å². The highest BCUT2D eigenvalue weighted by Crippen LogP contribution is 2.23. The van der Waals surface area contributed by atoms with Gasteiger partial charge in [0.05, 0.1) is 0 Å². The average molecular weight is 430 g/mol. The van der Waals surface area contributed by atoms with E-state index in [1.54, 1.807) is 6.20 Å². The Kier molecular flexibility index (Phi) is 6.01. The van der Waals surface area contributed by atoms with Crippen molar-refractivity contribution >= 4 is 33.1 Å². The molecule has 0 aliphatic heterocycles. The summed E-state index contributed by atoms with van der Waals surface area (Å²) < 4.78 is 32.7. The van der Waals surface area contributed by atoms with Gasteiger partial charge in [-0.2, -0.15) is 13.2 Å². The van der Waals surface area contributed by atoms with E-state index in [9.17, 15) is 13.2 Å². The molecule has 0 unspecified atom stereocenters. The van der Waals surface area contributed by atoms with Crippen LogP contribution in [0.15, 0.2) is 41.0 Å². The summed E-state index contributed by atoms with van der Waals surface area (Å²) in [6, 6.07) is 10.5. The number of aromatic nitrogens is 3. The molecule has 2 aromatic heterocycles. The number of halogens is 4. The standard InChI is InChI=1S/C15H14BrN3.C2HF3O2/c1-9(2)10-3-5-11(6-4-10)14-18-13-7-12(16)8-17-15(13)19-14;3-2(4,5)1(6)7/h3-9H,1-2H3,(H,17,18,19);(H,6,7). The highest BCUT2D eigenvalue weighted by molar-refractivity contribution is 9.10. The van der Waals surface area contributed by atoms with Crippen molar-refractivity contribution < 1.29 is 23.1 Å². The number of H-pyrrole nitrogens is 1. The number of carboxylic acid groups (broad SMARTS) is 1. The Morgan fingerprint density at radius 3 is 2.31 bits per heavy atom. The molecule has 0 spiro atoms. The molecule has 26 heavy (non-hydrogen) atoms. The first kappa shape index (κ1) is 19.9. The lowest BCUT2D eigenvalue weighted by Gasteiger charge is -2.05. The fourth-order valence-corrected chi connectivity index (χ4v) is 2.35. The third-order valence-corrected chi connectivity index (χ3v) is 3.83. The van der Waals surface area contributed by atoms with Crippen LogP contribution in [0.4, 0.5) is 13.2 Å². The van der Waals surface area contributed by atoms with E-state index in [1.807, 2.05) is 6.07 Å². The largest absolute Gasteiger partial charge is 0.490 e. The molecule has 0 saturated carbocycles. The van der Waals surface area contributed by atoms with E-state index in [2.05, 4.69) is 69.0 Å². The van der Waals surface area contributed by atoms with Crippen LogP contribution >= 0.6 is 15.9 Å². The number of aromatic amines is 1. The Labute approximate surface area is 155 Å². The van der Waals surface area contributed by atoms with E-state index in [1.165, 1.54) is 5.56 Å². The van der Waals surface area contributed by atoms with Gasteiger partial charge in [-0.25, -0.2) is 14.8 Å². The zero-order valence-corrected chi connectivity index (χ0v) is 15.4. The number of hydrogen-bond acceptors (Lipinski definition) is 3. The number of rotatable bonds is 2. The van der Waals surface area contributed by atoms with Crippen LogP contribution in [-0.4, -0.2) is 32.2 Å². The lowest BCUT2D eigenvalue weighted by molar-refractivity contribution is -0.192. The lowest BCUT2D eigenvalue weighted by Crippen LogP contribution is -2.21. The van der Waals surface area contributed by atoms with Gasteiger partial charge in [-0.1, -0.05) is 38.1 Å². The number of fused-ring (bicyclic) bond motifs is 1. The highest BCUT2D eigenvalue weighted by atomic mass is 79.9. The summed E-state index contributed by atoms with van der Waals surface area (Å²) in [7, 11) is 0. The molecule has 0 atom stereocenters. The molecule has 0 aliphatic rings. The molecule has 0 fully saturated rings. The first-order valence-corrected chi connectivity index (χ1v) is 8.29. The molecule has 9 heteroatoms. The maximum absolute atomic E-state index is 10.6. The van der Waals surface area contributed by atoms with Crippen LogP contribution in [0.3, 0.4) is 0 Å². The van der Waals surface area contributed by atoms with Crippen molar-refractivity contribution in [3.63, 3.8) is 0 Å². The number of nitrogens with zero attached hydrogens (tertiary/aromatic N) is 2. The van der Waals surface area contributed by atoms with Gasteiger partial charge in [0.1, 0.15) is 11.3 Å². The number of hydrogen-bond donors (Lipinski definition) is 2. The maximum Gasteiger partial charge on any atom is 0.490 e. The Balaban J connectivity index is 0.000000298. The molecule has 1 aromatic carbocycles. The summed E-state index contributed by atoms with van der Waals surface area (Å²) in [4.78, 5) is 21.0. The van der Waals surface area contributed by atoms with E-state index >= 15 is 0 Å². The minimum absolute atomic E-state index is 0.544.